The van der Waals surface area contributed by atoms with Crippen molar-refractivity contribution < 1.29 is 4.79 Å². The molecule has 0 unspecified atom stereocenters. The number of hydrogen-bond donors (Lipinski definition) is 2. The minimum Gasteiger partial charge on any atom is -0.354 e. The first-order valence-corrected chi connectivity index (χ1v) is 10.7. The zero-order chi connectivity index (χ0) is 21.6. The molecule has 0 atom stereocenters. The summed E-state index contributed by atoms with van der Waals surface area (Å²) in [6, 6.07) is 9.66. The number of rotatable bonds is 6. The predicted molar refractivity (Wildman–Crippen MR) is 120 cm³/mol. The van der Waals surface area contributed by atoms with Gasteiger partial charge in [0, 0.05) is 50.0 Å². The molecular formula is C22H21N7OS. The fraction of sp³-hybridized carbons (Fsp3) is 0.227. The third-order valence-electron chi connectivity index (χ3n) is 5.00. The Morgan fingerprint density at radius 3 is 2.90 bits per heavy atom. The van der Waals surface area contributed by atoms with Crippen molar-refractivity contribution in [1.82, 2.24) is 25.2 Å². The monoisotopic (exact) mass is 431 g/mol. The van der Waals surface area contributed by atoms with Gasteiger partial charge in [0.1, 0.15) is 23.3 Å². The third kappa shape index (κ3) is 4.94. The van der Waals surface area contributed by atoms with Crippen molar-refractivity contribution >= 4 is 33.8 Å². The number of thiazole rings is 1. The number of pyridine rings is 2. The van der Waals surface area contributed by atoms with E-state index in [2.05, 4.69) is 42.6 Å². The first kappa shape index (κ1) is 20.7. The Hall–Kier alpha value is -3.61. The summed E-state index contributed by atoms with van der Waals surface area (Å²) in [4.78, 5) is 26.9. The van der Waals surface area contributed by atoms with Crippen LogP contribution in [0.15, 0.2) is 48.1 Å². The minimum atomic E-state index is -0.298. The van der Waals surface area contributed by atoms with Gasteiger partial charge in [-0.1, -0.05) is 6.08 Å². The number of hydrogen-bond acceptors (Lipinski definition) is 8. The van der Waals surface area contributed by atoms with Crippen LogP contribution in [0.2, 0.25) is 0 Å². The molecule has 1 amide bonds. The third-order valence-corrected chi connectivity index (χ3v) is 5.69. The molecule has 0 aromatic carbocycles. The number of amides is 1. The first-order chi connectivity index (χ1) is 15.2. The predicted octanol–water partition coefficient (Wildman–Crippen LogP) is 3.20. The molecule has 1 aliphatic rings. The highest BCUT2D eigenvalue weighted by molar-refractivity contribution is 7.13. The molecule has 4 heterocycles. The second kappa shape index (κ2) is 9.47. The molecule has 8 nitrogen and oxygen atoms in total. The lowest BCUT2D eigenvalue weighted by Crippen LogP contribution is -2.28. The standard InChI is InChI=1S/C22H21N7OS/c1-24-21(30)18-3-2-17(19(13-23)27-18)16-5-9-29(10-6-16)14-15-4-7-25-20(12-15)28-22-26-8-11-31-22/h2-5,7-8,11-12H,6,9-10,14H2,1H3,(H,24,30)(H,25,26,28). The largest absolute Gasteiger partial charge is 0.354 e. The maximum absolute atomic E-state index is 11.8. The SMILES string of the molecule is CNC(=O)c1ccc(C2=CCN(Cc3ccnc(Nc4nccs4)c3)CC2)c(C#N)n1. The molecule has 2 N–H and O–H groups in total. The molecule has 0 fully saturated rings. The molecule has 0 saturated carbocycles. The highest BCUT2D eigenvalue weighted by Gasteiger charge is 2.18. The van der Waals surface area contributed by atoms with Gasteiger partial charge in [0.15, 0.2) is 5.13 Å². The van der Waals surface area contributed by atoms with Crippen molar-refractivity contribution in [2.24, 2.45) is 0 Å². The molecule has 0 radical (unpaired) electrons. The van der Waals surface area contributed by atoms with Crippen LogP contribution in [0.3, 0.4) is 0 Å². The summed E-state index contributed by atoms with van der Waals surface area (Å²) in [5.74, 6) is 0.481. The molecule has 0 aliphatic carbocycles. The maximum atomic E-state index is 11.8. The molecule has 4 rings (SSSR count). The summed E-state index contributed by atoms with van der Waals surface area (Å²) >= 11 is 1.53. The van der Waals surface area contributed by atoms with Gasteiger partial charge in [-0.2, -0.15) is 5.26 Å². The van der Waals surface area contributed by atoms with Crippen molar-refractivity contribution in [3.63, 3.8) is 0 Å². The Labute approximate surface area is 184 Å². The molecule has 0 saturated heterocycles. The lowest BCUT2D eigenvalue weighted by Gasteiger charge is -2.26. The van der Waals surface area contributed by atoms with Gasteiger partial charge in [-0.25, -0.2) is 15.0 Å². The van der Waals surface area contributed by atoms with E-state index in [1.165, 1.54) is 16.9 Å². The summed E-state index contributed by atoms with van der Waals surface area (Å²) in [6.45, 7) is 2.44. The summed E-state index contributed by atoms with van der Waals surface area (Å²) in [7, 11) is 1.54. The van der Waals surface area contributed by atoms with E-state index in [9.17, 15) is 10.1 Å². The van der Waals surface area contributed by atoms with Crippen LogP contribution < -0.4 is 10.6 Å². The number of aromatic nitrogens is 3. The Balaban J connectivity index is 1.43. The van der Waals surface area contributed by atoms with E-state index in [0.29, 0.717) is 0 Å². The van der Waals surface area contributed by atoms with Gasteiger partial charge in [0.25, 0.3) is 5.91 Å². The molecule has 1 aliphatic heterocycles. The Morgan fingerprint density at radius 2 is 2.19 bits per heavy atom. The van der Waals surface area contributed by atoms with Gasteiger partial charge in [0.2, 0.25) is 0 Å². The Bertz CT molecular complexity index is 1150. The van der Waals surface area contributed by atoms with Crippen LogP contribution in [0, 0.1) is 11.3 Å². The highest BCUT2D eigenvalue weighted by Crippen LogP contribution is 2.26. The van der Waals surface area contributed by atoms with Gasteiger partial charge in [0.05, 0.1) is 0 Å². The summed E-state index contributed by atoms with van der Waals surface area (Å²) in [6.07, 6.45) is 6.50. The van der Waals surface area contributed by atoms with Gasteiger partial charge in [-0.15, -0.1) is 11.3 Å². The summed E-state index contributed by atoms with van der Waals surface area (Å²) < 4.78 is 0. The van der Waals surface area contributed by atoms with Gasteiger partial charge >= 0.3 is 0 Å². The van der Waals surface area contributed by atoms with E-state index < -0.39 is 0 Å². The number of carbonyl (C=O) groups is 1. The van der Waals surface area contributed by atoms with Crippen LogP contribution in [0.1, 0.15) is 33.7 Å². The van der Waals surface area contributed by atoms with E-state index in [1.807, 2.05) is 23.6 Å². The number of nitriles is 1. The van der Waals surface area contributed by atoms with Crippen LogP contribution in [-0.2, 0) is 6.54 Å². The average molecular weight is 432 g/mol. The molecule has 156 valence electrons. The molecule has 3 aromatic heterocycles. The molecule has 31 heavy (non-hydrogen) atoms. The first-order valence-electron chi connectivity index (χ1n) is 9.82. The molecule has 9 heteroatoms. The zero-order valence-electron chi connectivity index (χ0n) is 17.0. The Morgan fingerprint density at radius 1 is 1.29 bits per heavy atom. The topological polar surface area (TPSA) is 107 Å². The number of nitrogens with one attached hydrogen (secondary N) is 2. The fourth-order valence-electron chi connectivity index (χ4n) is 3.45. The molecule has 0 spiro atoms. The number of carbonyl (C=O) groups excluding carboxylic acids is 1. The van der Waals surface area contributed by atoms with Crippen molar-refractivity contribution in [3.8, 4) is 6.07 Å². The van der Waals surface area contributed by atoms with Crippen LogP contribution >= 0.6 is 11.3 Å². The lowest BCUT2D eigenvalue weighted by molar-refractivity contribution is 0.0958. The van der Waals surface area contributed by atoms with Crippen LogP contribution in [-0.4, -0.2) is 45.9 Å². The van der Waals surface area contributed by atoms with E-state index in [0.717, 1.165) is 48.1 Å². The molecule has 3 aromatic rings. The normalized spacial score (nSPS) is 13.9. The zero-order valence-corrected chi connectivity index (χ0v) is 17.8. The van der Waals surface area contributed by atoms with E-state index >= 15 is 0 Å². The average Bonchev–Trinajstić information content (AvgIpc) is 3.32. The molecule has 0 bridgehead atoms. The van der Waals surface area contributed by atoms with Gasteiger partial charge in [-0.3, -0.25) is 9.69 Å². The van der Waals surface area contributed by atoms with E-state index in [1.54, 1.807) is 25.5 Å². The van der Waals surface area contributed by atoms with Crippen LogP contribution in [0.25, 0.3) is 5.57 Å². The van der Waals surface area contributed by atoms with Crippen LogP contribution in [0.5, 0.6) is 0 Å². The summed E-state index contributed by atoms with van der Waals surface area (Å²) in [5.41, 5.74) is 3.59. The van der Waals surface area contributed by atoms with Crippen molar-refractivity contribution in [1.29, 1.82) is 5.26 Å². The van der Waals surface area contributed by atoms with Crippen molar-refractivity contribution in [2.45, 2.75) is 13.0 Å². The smallest absolute Gasteiger partial charge is 0.269 e. The van der Waals surface area contributed by atoms with Gasteiger partial charge in [-0.05, 0) is 41.8 Å². The quantitative estimate of drug-likeness (QED) is 0.617. The van der Waals surface area contributed by atoms with E-state index in [4.69, 9.17) is 0 Å². The van der Waals surface area contributed by atoms with Crippen LogP contribution in [0.4, 0.5) is 10.9 Å². The van der Waals surface area contributed by atoms with Crippen molar-refractivity contribution in [2.75, 3.05) is 25.5 Å². The second-order valence-electron chi connectivity index (χ2n) is 7.01. The fourth-order valence-corrected chi connectivity index (χ4v) is 3.99. The minimum absolute atomic E-state index is 0.251. The lowest BCUT2D eigenvalue weighted by atomic mass is 9.97. The van der Waals surface area contributed by atoms with Crippen molar-refractivity contribution in [3.05, 3.63) is 70.6 Å². The summed E-state index contributed by atoms with van der Waals surface area (Å²) in [5, 5.41) is 18.0. The second-order valence-corrected chi connectivity index (χ2v) is 7.90. The Kier molecular flexibility index (Phi) is 6.31. The maximum Gasteiger partial charge on any atom is 0.269 e. The van der Waals surface area contributed by atoms with E-state index in [-0.39, 0.29) is 17.3 Å². The number of anilines is 2. The molecular weight excluding hydrogens is 410 g/mol. The van der Waals surface area contributed by atoms with Gasteiger partial charge < -0.3 is 10.6 Å². The highest BCUT2D eigenvalue weighted by atomic mass is 32.1. The number of nitrogens with zero attached hydrogens (tertiary/aromatic N) is 5.